The second kappa shape index (κ2) is 10.1. The zero-order chi connectivity index (χ0) is 23.7. The zero-order valence-electron chi connectivity index (χ0n) is 19.2. The van der Waals surface area contributed by atoms with Gasteiger partial charge in [-0.2, -0.15) is 0 Å². The molecule has 3 aromatic rings. The van der Waals surface area contributed by atoms with E-state index in [-0.39, 0.29) is 0 Å². The first-order valence-electron chi connectivity index (χ1n) is 11.4. The molecule has 1 atom stereocenters. The summed E-state index contributed by atoms with van der Waals surface area (Å²) in [5.41, 5.74) is 2.08. The van der Waals surface area contributed by atoms with Crippen LogP contribution in [0.2, 0.25) is 10.0 Å². The molecule has 5 rings (SSSR count). The summed E-state index contributed by atoms with van der Waals surface area (Å²) in [5.74, 6) is 2.65. The highest BCUT2D eigenvalue weighted by molar-refractivity contribution is 6.41. The minimum Gasteiger partial charge on any atom is -0.495 e. The van der Waals surface area contributed by atoms with Crippen molar-refractivity contribution >= 4 is 39.9 Å². The molecule has 34 heavy (non-hydrogen) atoms. The molecule has 8 nitrogen and oxygen atoms in total. The number of halogens is 2. The molecule has 1 aliphatic carbocycles. The number of rotatable bonds is 9. The molecule has 1 aliphatic heterocycles. The molecule has 1 saturated carbocycles. The molecule has 2 fully saturated rings. The third kappa shape index (κ3) is 4.86. The van der Waals surface area contributed by atoms with Gasteiger partial charge in [0.1, 0.15) is 17.3 Å². The van der Waals surface area contributed by atoms with E-state index in [2.05, 4.69) is 15.6 Å². The number of hydrogen-bond acceptors (Lipinski definition) is 8. The summed E-state index contributed by atoms with van der Waals surface area (Å²) in [6.45, 7) is 3.04. The molecule has 0 radical (unpaired) electrons. The number of hydrogen-bond donors (Lipinski definition) is 2. The van der Waals surface area contributed by atoms with E-state index >= 15 is 0 Å². The number of aromatic nitrogens is 3. The van der Waals surface area contributed by atoms with Crippen molar-refractivity contribution in [2.24, 2.45) is 5.92 Å². The van der Waals surface area contributed by atoms with E-state index in [9.17, 15) is 0 Å². The normalized spacial score (nSPS) is 17.8. The lowest BCUT2D eigenvalue weighted by molar-refractivity contribution is 0.189. The standard InChI is InChI=1S/C24H27Cl2N5O3/c1-32-18-8-19(33-2)22(26)20(21(18)25)24-30-17-11-28-15(10-27-14-5-6-34-12-14)7-16(17)23(31-24)29-9-13-3-4-13/h7-8,11,13-14,27H,3-6,9-10,12H2,1-2H3,(H,29,30,31)/t14-/m0/s1. The van der Waals surface area contributed by atoms with Crippen molar-refractivity contribution in [3.8, 4) is 22.9 Å². The maximum atomic E-state index is 6.65. The second-order valence-electron chi connectivity index (χ2n) is 8.64. The van der Waals surface area contributed by atoms with Gasteiger partial charge in [-0.05, 0) is 31.2 Å². The van der Waals surface area contributed by atoms with Crippen molar-refractivity contribution in [2.45, 2.75) is 31.8 Å². The minimum absolute atomic E-state index is 0.327. The highest BCUT2D eigenvalue weighted by atomic mass is 35.5. The van der Waals surface area contributed by atoms with E-state index in [4.69, 9.17) is 47.4 Å². The van der Waals surface area contributed by atoms with Crippen molar-refractivity contribution in [1.82, 2.24) is 20.3 Å². The number of anilines is 1. The molecule has 0 spiro atoms. The Bertz CT molecular complexity index is 1170. The number of nitrogens with zero attached hydrogens (tertiary/aromatic N) is 3. The van der Waals surface area contributed by atoms with Crippen molar-refractivity contribution in [2.75, 3.05) is 39.3 Å². The highest BCUT2D eigenvalue weighted by Crippen LogP contribution is 2.45. The van der Waals surface area contributed by atoms with Crippen LogP contribution < -0.4 is 20.1 Å². The van der Waals surface area contributed by atoms with E-state index in [0.29, 0.717) is 57.0 Å². The van der Waals surface area contributed by atoms with Crippen LogP contribution in [0.4, 0.5) is 5.82 Å². The van der Waals surface area contributed by atoms with Gasteiger partial charge in [-0.25, -0.2) is 9.97 Å². The molecule has 2 aromatic heterocycles. The van der Waals surface area contributed by atoms with Gasteiger partial charge in [0.15, 0.2) is 5.82 Å². The smallest absolute Gasteiger partial charge is 0.165 e. The molecule has 0 amide bonds. The molecule has 180 valence electrons. The molecular formula is C24H27Cl2N5O3. The fourth-order valence-corrected chi connectivity index (χ4v) is 4.68. The van der Waals surface area contributed by atoms with Crippen LogP contribution in [0.15, 0.2) is 18.3 Å². The van der Waals surface area contributed by atoms with Crippen LogP contribution in [0.25, 0.3) is 22.3 Å². The quantitative estimate of drug-likeness (QED) is 0.433. The first-order valence-corrected chi connectivity index (χ1v) is 12.1. The van der Waals surface area contributed by atoms with Crippen LogP contribution >= 0.6 is 23.2 Å². The van der Waals surface area contributed by atoms with Crippen molar-refractivity contribution < 1.29 is 14.2 Å². The van der Waals surface area contributed by atoms with Gasteiger partial charge in [-0.3, -0.25) is 4.98 Å². The number of ether oxygens (including phenoxy) is 3. The van der Waals surface area contributed by atoms with E-state index < -0.39 is 0 Å². The monoisotopic (exact) mass is 503 g/mol. The summed E-state index contributed by atoms with van der Waals surface area (Å²) in [6.07, 6.45) is 5.24. The molecule has 0 unspecified atom stereocenters. The van der Waals surface area contributed by atoms with Crippen LogP contribution in [0, 0.1) is 5.92 Å². The van der Waals surface area contributed by atoms with Crippen LogP contribution in [0.5, 0.6) is 11.5 Å². The van der Waals surface area contributed by atoms with Gasteiger partial charge in [0.2, 0.25) is 0 Å². The summed E-state index contributed by atoms with van der Waals surface area (Å²) in [6, 6.07) is 4.04. The Kier molecular flexibility index (Phi) is 6.92. The molecule has 0 bridgehead atoms. The number of nitrogens with one attached hydrogen (secondary N) is 2. The predicted octanol–water partition coefficient (Wildman–Crippen LogP) is 4.72. The van der Waals surface area contributed by atoms with Crippen molar-refractivity contribution in [3.63, 3.8) is 0 Å². The van der Waals surface area contributed by atoms with Crippen molar-refractivity contribution in [1.29, 1.82) is 0 Å². The fourth-order valence-electron chi connectivity index (χ4n) is 4.01. The van der Waals surface area contributed by atoms with E-state index in [0.717, 1.165) is 43.1 Å². The molecule has 1 aromatic carbocycles. The third-order valence-electron chi connectivity index (χ3n) is 6.19. The Morgan fingerprint density at radius 2 is 1.82 bits per heavy atom. The number of pyridine rings is 1. The largest absolute Gasteiger partial charge is 0.495 e. The van der Waals surface area contributed by atoms with Gasteiger partial charge >= 0.3 is 0 Å². The van der Waals surface area contributed by atoms with E-state index in [1.54, 1.807) is 26.5 Å². The Morgan fingerprint density at radius 3 is 2.47 bits per heavy atom. The lowest BCUT2D eigenvalue weighted by Gasteiger charge is -2.16. The highest BCUT2D eigenvalue weighted by Gasteiger charge is 2.24. The maximum absolute atomic E-state index is 6.65. The number of methoxy groups -OCH3 is 2. The zero-order valence-corrected chi connectivity index (χ0v) is 20.7. The summed E-state index contributed by atoms with van der Waals surface area (Å²) in [4.78, 5) is 14.2. The molecular weight excluding hydrogens is 477 g/mol. The topological polar surface area (TPSA) is 90.4 Å². The van der Waals surface area contributed by atoms with Gasteiger partial charge in [0.05, 0.1) is 53.8 Å². The van der Waals surface area contributed by atoms with Crippen LogP contribution in [0.1, 0.15) is 25.0 Å². The van der Waals surface area contributed by atoms with Gasteiger partial charge in [0.25, 0.3) is 0 Å². The lowest BCUT2D eigenvalue weighted by atomic mass is 10.1. The fraction of sp³-hybridized carbons (Fsp3) is 0.458. The van der Waals surface area contributed by atoms with Gasteiger partial charge < -0.3 is 24.8 Å². The van der Waals surface area contributed by atoms with Gasteiger partial charge in [-0.1, -0.05) is 23.2 Å². The predicted molar refractivity (Wildman–Crippen MR) is 133 cm³/mol. The minimum atomic E-state index is 0.327. The van der Waals surface area contributed by atoms with E-state index in [1.807, 2.05) is 6.07 Å². The molecule has 2 N–H and O–H groups in total. The summed E-state index contributed by atoms with van der Waals surface area (Å²) < 4.78 is 16.3. The Labute approximate surface area is 208 Å². The molecule has 10 heteroatoms. The van der Waals surface area contributed by atoms with E-state index in [1.165, 1.54) is 12.8 Å². The maximum Gasteiger partial charge on any atom is 0.165 e. The summed E-state index contributed by atoms with van der Waals surface area (Å²) in [7, 11) is 3.08. The summed E-state index contributed by atoms with van der Waals surface area (Å²) >= 11 is 13.3. The average Bonchev–Trinajstić information content (AvgIpc) is 3.53. The molecule has 3 heterocycles. The Balaban J connectivity index is 1.56. The Morgan fingerprint density at radius 1 is 1.06 bits per heavy atom. The lowest BCUT2D eigenvalue weighted by Crippen LogP contribution is -2.28. The van der Waals surface area contributed by atoms with Crippen LogP contribution in [-0.4, -0.2) is 55.0 Å². The van der Waals surface area contributed by atoms with Gasteiger partial charge in [-0.15, -0.1) is 0 Å². The summed E-state index contributed by atoms with van der Waals surface area (Å²) in [5, 5.41) is 8.58. The van der Waals surface area contributed by atoms with Crippen LogP contribution in [0.3, 0.4) is 0 Å². The third-order valence-corrected chi connectivity index (χ3v) is 6.94. The second-order valence-corrected chi connectivity index (χ2v) is 9.39. The number of benzene rings is 1. The first-order chi connectivity index (χ1) is 16.6. The average molecular weight is 504 g/mol. The van der Waals surface area contributed by atoms with Crippen molar-refractivity contribution in [3.05, 3.63) is 34.1 Å². The molecule has 1 saturated heterocycles. The number of fused-ring (bicyclic) bond motifs is 1. The first kappa shape index (κ1) is 23.4. The molecule has 2 aliphatic rings. The van der Waals surface area contributed by atoms with Gasteiger partial charge in [0, 0.05) is 37.2 Å². The SMILES string of the molecule is COc1cc(OC)c(Cl)c(-c2nc(NCC3CC3)c3cc(CN[C@H]4CCOC4)ncc3n2)c1Cl. The van der Waals surface area contributed by atoms with Crippen LogP contribution in [-0.2, 0) is 11.3 Å². The Hall–Kier alpha value is -2.39.